The SMILES string of the molecule is COC1CCN(CC2C(N)C(C)(C)OC2(C)C)C1. The molecule has 0 aromatic heterocycles. The lowest BCUT2D eigenvalue weighted by atomic mass is 9.83. The van der Waals surface area contributed by atoms with Crippen molar-refractivity contribution in [2.24, 2.45) is 11.7 Å². The van der Waals surface area contributed by atoms with Crippen molar-refractivity contribution in [1.29, 1.82) is 0 Å². The van der Waals surface area contributed by atoms with Crippen LogP contribution in [0.2, 0.25) is 0 Å². The highest BCUT2D eigenvalue weighted by Gasteiger charge is 2.52. The van der Waals surface area contributed by atoms with Crippen LogP contribution in [-0.2, 0) is 9.47 Å². The second-order valence-electron chi connectivity index (χ2n) is 6.85. The van der Waals surface area contributed by atoms with Gasteiger partial charge < -0.3 is 20.1 Å². The predicted molar refractivity (Wildman–Crippen MR) is 72.6 cm³/mol. The molecule has 0 saturated carbocycles. The molecule has 3 atom stereocenters. The third-order valence-corrected chi connectivity index (χ3v) is 4.67. The van der Waals surface area contributed by atoms with Gasteiger partial charge in [-0.15, -0.1) is 0 Å². The van der Waals surface area contributed by atoms with Crippen LogP contribution < -0.4 is 5.73 Å². The van der Waals surface area contributed by atoms with Crippen LogP contribution in [-0.4, -0.2) is 55.0 Å². The standard InChI is InChI=1S/C14H28N2O2/c1-13(2)11(12(15)14(3,4)18-13)9-16-7-6-10(8-16)17-5/h10-12H,6-9,15H2,1-5H3. The molecule has 2 aliphatic heterocycles. The molecule has 2 saturated heterocycles. The van der Waals surface area contributed by atoms with Crippen LogP contribution in [0.15, 0.2) is 0 Å². The van der Waals surface area contributed by atoms with Crippen molar-refractivity contribution in [2.45, 2.75) is 57.5 Å². The summed E-state index contributed by atoms with van der Waals surface area (Å²) in [5, 5.41) is 0. The Morgan fingerprint density at radius 1 is 1.28 bits per heavy atom. The van der Waals surface area contributed by atoms with E-state index in [0.717, 1.165) is 26.1 Å². The van der Waals surface area contributed by atoms with Gasteiger partial charge in [0, 0.05) is 38.7 Å². The van der Waals surface area contributed by atoms with Crippen LogP contribution in [0.3, 0.4) is 0 Å². The summed E-state index contributed by atoms with van der Waals surface area (Å²) in [6, 6.07) is 0.0918. The molecule has 2 heterocycles. The van der Waals surface area contributed by atoms with Crippen LogP contribution in [0.1, 0.15) is 34.1 Å². The van der Waals surface area contributed by atoms with E-state index < -0.39 is 0 Å². The molecule has 0 bridgehead atoms. The minimum atomic E-state index is -0.228. The fourth-order valence-electron chi connectivity index (χ4n) is 3.51. The molecular formula is C14H28N2O2. The van der Waals surface area contributed by atoms with Gasteiger partial charge in [0.05, 0.1) is 17.3 Å². The number of likely N-dealkylation sites (tertiary alicyclic amines) is 1. The van der Waals surface area contributed by atoms with Gasteiger partial charge in [-0.2, -0.15) is 0 Å². The molecule has 0 radical (unpaired) electrons. The molecule has 2 rings (SSSR count). The maximum absolute atomic E-state index is 6.39. The molecule has 0 amide bonds. The average Bonchev–Trinajstić information content (AvgIpc) is 2.75. The summed E-state index contributed by atoms with van der Waals surface area (Å²) in [6.45, 7) is 11.7. The number of rotatable bonds is 3. The van der Waals surface area contributed by atoms with Crippen molar-refractivity contribution in [3.63, 3.8) is 0 Å². The maximum Gasteiger partial charge on any atom is 0.0788 e. The Hall–Kier alpha value is -0.160. The fraction of sp³-hybridized carbons (Fsp3) is 1.00. The summed E-state index contributed by atoms with van der Waals surface area (Å²) in [7, 11) is 1.80. The van der Waals surface area contributed by atoms with Crippen molar-refractivity contribution in [3.05, 3.63) is 0 Å². The first-order valence-corrected chi connectivity index (χ1v) is 6.97. The summed E-state index contributed by atoms with van der Waals surface area (Å²) in [5.41, 5.74) is 6.02. The van der Waals surface area contributed by atoms with E-state index in [-0.39, 0.29) is 17.2 Å². The van der Waals surface area contributed by atoms with E-state index in [1.165, 1.54) is 0 Å². The molecule has 0 aromatic carbocycles. The van der Waals surface area contributed by atoms with E-state index in [9.17, 15) is 0 Å². The summed E-state index contributed by atoms with van der Waals surface area (Å²) in [4.78, 5) is 2.46. The van der Waals surface area contributed by atoms with E-state index in [0.29, 0.717) is 12.0 Å². The van der Waals surface area contributed by atoms with Gasteiger partial charge in [-0.25, -0.2) is 0 Å². The van der Waals surface area contributed by atoms with Gasteiger partial charge in [0.25, 0.3) is 0 Å². The minimum Gasteiger partial charge on any atom is -0.380 e. The summed E-state index contributed by atoms with van der Waals surface area (Å²) in [5.74, 6) is 0.378. The Morgan fingerprint density at radius 2 is 1.94 bits per heavy atom. The Labute approximate surface area is 111 Å². The highest BCUT2D eigenvalue weighted by molar-refractivity contribution is 5.05. The quantitative estimate of drug-likeness (QED) is 0.825. The highest BCUT2D eigenvalue weighted by Crippen LogP contribution is 2.41. The molecular weight excluding hydrogens is 228 g/mol. The molecule has 0 spiro atoms. The van der Waals surface area contributed by atoms with Gasteiger partial charge >= 0.3 is 0 Å². The molecule has 4 nitrogen and oxygen atoms in total. The van der Waals surface area contributed by atoms with Crippen molar-refractivity contribution < 1.29 is 9.47 Å². The van der Waals surface area contributed by atoms with Crippen LogP contribution in [0.25, 0.3) is 0 Å². The van der Waals surface area contributed by atoms with Gasteiger partial charge in [-0.3, -0.25) is 0 Å². The van der Waals surface area contributed by atoms with E-state index in [1.54, 1.807) is 7.11 Å². The Balaban J connectivity index is 2.00. The van der Waals surface area contributed by atoms with Crippen molar-refractivity contribution in [2.75, 3.05) is 26.7 Å². The number of hydrogen-bond donors (Lipinski definition) is 1. The van der Waals surface area contributed by atoms with Gasteiger partial charge in [0.2, 0.25) is 0 Å². The third-order valence-electron chi connectivity index (χ3n) is 4.67. The van der Waals surface area contributed by atoms with Crippen molar-refractivity contribution in [1.82, 2.24) is 4.90 Å². The van der Waals surface area contributed by atoms with Crippen LogP contribution in [0.5, 0.6) is 0 Å². The molecule has 0 aliphatic carbocycles. The Morgan fingerprint density at radius 3 is 2.39 bits per heavy atom. The highest BCUT2D eigenvalue weighted by atomic mass is 16.5. The third kappa shape index (κ3) is 2.57. The van der Waals surface area contributed by atoms with Gasteiger partial charge in [-0.05, 0) is 34.1 Å². The summed E-state index contributed by atoms with van der Waals surface area (Å²) < 4.78 is 11.6. The topological polar surface area (TPSA) is 47.7 Å². The normalized spacial score (nSPS) is 39.3. The number of hydrogen-bond acceptors (Lipinski definition) is 4. The second-order valence-corrected chi connectivity index (χ2v) is 6.85. The number of ether oxygens (including phenoxy) is 2. The lowest BCUT2D eigenvalue weighted by Crippen LogP contribution is -2.48. The first-order chi connectivity index (χ1) is 8.26. The zero-order valence-electron chi connectivity index (χ0n) is 12.4. The average molecular weight is 256 g/mol. The van der Waals surface area contributed by atoms with Gasteiger partial charge in [0.15, 0.2) is 0 Å². The van der Waals surface area contributed by atoms with Crippen LogP contribution >= 0.6 is 0 Å². The molecule has 2 fully saturated rings. The van der Waals surface area contributed by atoms with Crippen LogP contribution in [0, 0.1) is 5.92 Å². The van der Waals surface area contributed by atoms with E-state index in [4.69, 9.17) is 15.2 Å². The van der Waals surface area contributed by atoms with E-state index in [1.807, 2.05) is 0 Å². The lowest BCUT2D eigenvalue weighted by molar-refractivity contribution is -0.0782. The predicted octanol–water partition coefficient (Wildman–Crippen LogP) is 1.24. The summed E-state index contributed by atoms with van der Waals surface area (Å²) >= 11 is 0. The Kier molecular flexibility index (Phi) is 3.76. The second kappa shape index (κ2) is 4.75. The number of nitrogens with zero attached hydrogens (tertiary/aromatic N) is 1. The maximum atomic E-state index is 6.39. The first-order valence-electron chi connectivity index (χ1n) is 6.97. The molecule has 106 valence electrons. The van der Waals surface area contributed by atoms with E-state index >= 15 is 0 Å². The number of methoxy groups -OCH3 is 1. The first kappa shape index (κ1) is 14.3. The fourth-order valence-corrected chi connectivity index (χ4v) is 3.51. The van der Waals surface area contributed by atoms with Crippen molar-refractivity contribution >= 4 is 0 Å². The molecule has 3 unspecified atom stereocenters. The number of nitrogens with two attached hydrogens (primary N) is 1. The van der Waals surface area contributed by atoms with Crippen LogP contribution in [0.4, 0.5) is 0 Å². The largest absolute Gasteiger partial charge is 0.380 e. The van der Waals surface area contributed by atoms with E-state index in [2.05, 4.69) is 32.6 Å². The molecule has 4 heteroatoms. The molecule has 2 aliphatic rings. The summed E-state index contributed by atoms with van der Waals surface area (Å²) in [6.07, 6.45) is 1.52. The molecule has 2 N–H and O–H groups in total. The molecule has 18 heavy (non-hydrogen) atoms. The zero-order valence-corrected chi connectivity index (χ0v) is 12.4. The van der Waals surface area contributed by atoms with Gasteiger partial charge in [0.1, 0.15) is 0 Å². The Bertz CT molecular complexity index is 304. The lowest BCUT2D eigenvalue weighted by Gasteiger charge is -2.31. The zero-order chi connectivity index (χ0) is 13.6. The minimum absolute atomic E-state index is 0.0918. The molecule has 0 aromatic rings. The smallest absolute Gasteiger partial charge is 0.0788 e. The van der Waals surface area contributed by atoms with Crippen molar-refractivity contribution in [3.8, 4) is 0 Å². The monoisotopic (exact) mass is 256 g/mol. The van der Waals surface area contributed by atoms with Gasteiger partial charge in [-0.1, -0.05) is 0 Å².